The van der Waals surface area contributed by atoms with Crippen molar-refractivity contribution in [1.82, 2.24) is 14.1 Å². The molecule has 5 nitrogen and oxygen atoms in total. The zero-order chi connectivity index (χ0) is 18.4. The van der Waals surface area contributed by atoms with Crippen molar-refractivity contribution in [3.8, 4) is 11.1 Å². The fourth-order valence-electron chi connectivity index (χ4n) is 3.86. The second-order valence-electron chi connectivity index (χ2n) is 6.88. The standard InChI is InChI=1S/C20H20FN3O2/c1-23-18-17(19(25)24(2)20(23)26)16(12-8-10-13(21)11-9-12)14-6-4-3-5-7-15(14)22-18/h8-11H,3-7H2,1-2H3. The lowest BCUT2D eigenvalue weighted by atomic mass is 9.93. The Morgan fingerprint density at radius 2 is 1.65 bits per heavy atom. The monoisotopic (exact) mass is 353 g/mol. The predicted molar refractivity (Wildman–Crippen MR) is 98.9 cm³/mol. The van der Waals surface area contributed by atoms with Crippen LogP contribution in [0.25, 0.3) is 22.2 Å². The van der Waals surface area contributed by atoms with Gasteiger partial charge >= 0.3 is 5.69 Å². The van der Waals surface area contributed by atoms with Crippen molar-refractivity contribution in [2.75, 3.05) is 0 Å². The number of nitrogens with zero attached hydrogens (tertiary/aromatic N) is 3. The van der Waals surface area contributed by atoms with Crippen LogP contribution in [0, 0.1) is 5.82 Å². The topological polar surface area (TPSA) is 56.9 Å². The highest BCUT2D eigenvalue weighted by atomic mass is 19.1. The van der Waals surface area contributed by atoms with Crippen LogP contribution in [0.15, 0.2) is 33.9 Å². The molecule has 2 aromatic heterocycles. The molecule has 0 amide bonds. The maximum Gasteiger partial charge on any atom is 0.332 e. The van der Waals surface area contributed by atoms with E-state index in [1.807, 2.05) is 0 Å². The van der Waals surface area contributed by atoms with E-state index < -0.39 is 5.69 Å². The smallest absolute Gasteiger partial charge is 0.280 e. The minimum Gasteiger partial charge on any atom is -0.280 e. The van der Waals surface area contributed by atoms with Crippen LogP contribution >= 0.6 is 0 Å². The van der Waals surface area contributed by atoms with Crippen LogP contribution < -0.4 is 11.2 Å². The maximum absolute atomic E-state index is 13.5. The van der Waals surface area contributed by atoms with Gasteiger partial charge in [-0.1, -0.05) is 18.6 Å². The highest BCUT2D eigenvalue weighted by Gasteiger charge is 2.23. The van der Waals surface area contributed by atoms with E-state index >= 15 is 0 Å². The second-order valence-corrected chi connectivity index (χ2v) is 6.88. The molecule has 0 atom stereocenters. The average molecular weight is 353 g/mol. The van der Waals surface area contributed by atoms with Crippen LogP contribution in [-0.4, -0.2) is 14.1 Å². The third kappa shape index (κ3) is 2.48. The molecule has 3 aromatic rings. The Bertz CT molecular complexity index is 1130. The van der Waals surface area contributed by atoms with E-state index in [1.54, 1.807) is 19.2 Å². The number of hydrogen-bond donors (Lipinski definition) is 0. The first-order valence-electron chi connectivity index (χ1n) is 8.86. The zero-order valence-corrected chi connectivity index (χ0v) is 14.9. The van der Waals surface area contributed by atoms with Gasteiger partial charge in [0.25, 0.3) is 5.56 Å². The molecule has 1 aromatic carbocycles. The number of rotatable bonds is 1. The van der Waals surface area contributed by atoms with Gasteiger partial charge in [-0.2, -0.15) is 0 Å². The summed E-state index contributed by atoms with van der Waals surface area (Å²) in [5.41, 5.74) is 3.22. The van der Waals surface area contributed by atoms with Gasteiger partial charge in [-0.15, -0.1) is 0 Å². The molecule has 0 saturated carbocycles. The molecule has 0 saturated heterocycles. The molecule has 1 aliphatic rings. The van der Waals surface area contributed by atoms with Gasteiger partial charge in [-0.05, 0) is 48.9 Å². The summed E-state index contributed by atoms with van der Waals surface area (Å²) in [6, 6.07) is 6.19. The number of aryl methyl sites for hydroxylation is 2. The normalized spacial score (nSPS) is 14.3. The van der Waals surface area contributed by atoms with Crippen LogP contribution in [0.3, 0.4) is 0 Å². The highest BCUT2D eigenvalue weighted by molar-refractivity contribution is 5.94. The molecule has 2 heterocycles. The summed E-state index contributed by atoms with van der Waals surface area (Å²) in [7, 11) is 3.11. The molecule has 4 rings (SSSR count). The van der Waals surface area contributed by atoms with E-state index in [9.17, 15) is 14.0 Å². The summed E-state index contributed by atoms with van der Waals surface area (Å²) in [5.74, 6) is -0.321. The molecular weight excluding hydrogens is 333 g/mol. The summed E-state index contributed by atoms with van der Waals surface area (Å²) in [6.07, 6.45) is 4.82. The largest absolute Gasteiger partial charge is 0.332 e. The summed E-state index contributed by atoms with van der Waals surface area (Å²) >= 11 is 0. The van der Waals surface area contributed by atoms with Gasteiger partial charge < -0.3 is 0 Å². The SMILES string of the molecule is Cn1c(=O)c2c(-c3ccc(F)cc3)c3c(nc2n(C)c1=O)CCCCC3. The fourth-order valence-corrected chi connectivity index (χ4v) is 3.86. The molecule has 0 unspecified atom stereocenters. The van der Waals surface area contributed by atoms with Crippen molar-refractivity contribution in [3.05, 3.63) is 62.2 Å². The van der Waals surface area contributed by atoms with E-state index in [0.717, 1.165) is 59.1 Å². The number of aromatic nitrogens is 3. The van der Waals surface area contributed by atoms with Gasteiger partial charge in [-0.25, -0.2) is 14.2 Å². The van der Waals surface area contributed by atoms with Crippen LogP contribution in [0.5, 0.6) is 0 Å². The minimum atomic E-state index is -0.395. The van der Waals surface area contributed by atoms with Crippen molar-refractivity contribution in [1.29, 1.82) is 0 Å². The molecule has 0 fully saturated rings. The van der Waals surface area contributed by atoms with E-state index in [1.165, 1.54) is 23.7 Å². The Morgan fingerprint density at radius 1 is 0.962 bits per heavy atom. The quantitative estimate of drug-likeness (QED) is 0.632. The summed E-state index contributed by atoms with van der Waals surface area (Å²) in [6.45, 7) is 0. The molecule has 0 N–H and O–H groups in total. The summed E-state index contributed by atoms with van der Waals surface area (Å²) in [4.78, 5) is 30.1. The van der Waals surface area contributed by atoms with E-state index in [-0.39, 0.29) is 11.4 Å². The molecule has 0 aliphatic heterocycles. The van der Waals surface area contributed by atoms with E-state index in [2.05, 4.69) is 0 Å². The van der Waals surface area contributed by atoms with Crippen molar-refractivity contribution in [2.45, 2.75) is 32.1 Å². The van der Waals surface area contributed by atoms with Gasteiger partial charge in [0, 0.05) is 25.4 Å². The van der Waals surface area contributed by atoms with Crippen molar-refractivity contribution in [3.63, 3.8) is 0 Å². The molecule has 1 aliphatic carbocycles. The lowest BCUT2D eigenvalue weighted by molar-refractivity contribution is 0.628. The third-order valence-corrected chi connectivity index (χ3v) is 5.25. The van der Waals surface area contributed by atoms with Crippen molar-refractivity contribution < 1.29 is 4.39 Å². The highest BCUT2D eigenvalue weighted by Crippen LogP contribution is 2.34. The second kappa shape index (κ2) is 6.20. The number of halogens is 1. The molecule has 6 heteroatoms. The molecule has 134 valence electrons. The molecular formula is C20H20FN3O2. The Labute approximate surface area is 149 Å². The van der Waals surface area contributed by atoms with Gasteiger partial charge in [-0.3, -0.25) is 13.9 Å². The van der Waals surface area contributed by atoms with Gasteiger partial charge in [0.05, 0.1) is 5.39 Å². The number of pyridine rings is 1. The average Bonchev–Trinajstić information content (AvgIpc) is 2.89. The molecule has 0 radical (unpaired) electrons. The fraction of sp³-hybridized carbons (Fsp3) is 0.350. The molecule has 0 bridgehead atoms. The number of hydrogen-bond acceptors (Lipinski definition) is 3. The Morgan fingerprint density at radius 3 is 2.38 bits per heavy atom. The maximum atomic E-state index is 13.5. The molecule has 26 heavy (non-hydrogen) atoms. The van der Waals surface area contributed by atoms with Gasteiger partial charge in [0.15, 0.2) is 0 Å². The summed E-state index contributed by atoms with van der Waals surface area (Å²) < 4.78 is 16.0. The third-order valence-electron chi connectivity index (χ3n) is 5.25. The van der Waals surface area contributed by atoms with Gasteiger partial charge in [0.2, 0.25) is 0 Å². The number of fused-ring (bicyclic) bond motifs is 2. The Hall–Kier alpha value is -2.76. The minimum absolute atomic E-state index is 0.321. The Kier molecular flexibility index (Phi) is 3.98. The number of benzene rings is 1. The van der Waals surface area contributed by atoms with Crippen LogP contribution in [0.4, 0.5) is 4.39 Å². The first-order valence-corrected chi connectivity index (χ1v) is 8.86. The lowest BCUT2D eigenvalue weighted by Gasteiger charge is -2.17. The van der Waals surface area contributed by atoms with Crippen LogP contribution in [0.2, 0.25) is 0 Å². The van der Waals surface area contributed by atoms with Crippen LogP contribution in [0.1, 0.15) is 30.5 Å². The predicted octanol–water partition coefficient (Wildman–Crippen LogP) is 2.71. The lowest BCUT2D eigenvalue weighted by Crippen LogP contribution is -2.37. The first-order chi connectivity index (χ1) is 12.5. The van der Waals surface area contributed by atoms with Crippen molar-refractivity contribution in [2.24, 2.45) is 14.1 Å². The Balaban J connectivity index is 2.22. The van der Waals surface area contributed by atoms with E-state index in [0.29, 0.717) is 11.0 Å². The van der Waals surface area contributed by atoms with Crippen LogP contribution in [-0.2, 0) is 26.9 Å². The molecule has 0 spiro atoms. The van der Waals surface area contributed by atoms with Crippen molar-refractivity contribution >= 4 is 11.0 Å². The summed E-state index contributed by atoms with van der Waals surface area (Å²) in [5, 5.41) is 0.432. The van der Waals surface area contributed by atoms with E-state index in [4.69, 9.17) is 4.98 Å². The first kappa shape index (κ1) is 16.7. The van der Waals surface area contributed by atoms with Gasteiger partial charge in [0.1, 0.15) is 11.5 Å². The zero-order valence-electron chi connectivity index (χ0n) is 14.9.